The van der Waals surface area contributed by atoms with Crippen molar-refractivity contribution in [1.82, 2.24) is 10.2 Å². The highest BCUT2D eigenvalue weighted by Gasteiger charge is 2.23. The fraction of sp³-hybridized carbons (Fsp3) is 0.588. The number of benzene rings is 1. The van der Waals surface area contributed by atoms with Gasteiger partial charge in [0.25, 0.3) is 5.91 Å². The van der Waals surface area contributed by atoms with Gasteiger partial charge in [0, 0.05) is 25.7 Å². The molecule has 0 aliphatic carbocycles. The van der Waals surface area contributed by atoms with Crippen molar-refractivity contribution in [3.05, 3.63) is 35.6 Å². The van der Waals surface area contributed by atoms with Crippen LogP contribution in [0.25, 0.3) is 0 Å². The molecule has 0 aromatic heterocycles. The molecule has 5 heteroatoms. The number of halogens is 1. The predicted octanol–water partition coefficient (Wildman–Crippen LogP) is 2.30. The molecule has 1 fully saturated rings. The Bertz CT molecular complexity index is 487. The average molecular weight is 308 g/mol. The maximum absolute atomic E-state index is 13.6. The first-order valence-corrected chi connectivity index (χ1v) is 7.92. The van der Waals surface area contributed by atoms with Gasteiger partial charge in [-0.15, -0.1) is 0 Å². The van der Waals surface area contributed by atoms with Gasteiger partial charge in [-0.1, -0.05) is 26.0 Å². The molecule has 1 saturated heterocycles. The van der Waals surface area contributed by atoms with Gasteiger partial charge in [-0.05, 0) is 24.5 Å². The molecule has 4 nitrogen and oxygen atoms in total. The van der Waals surface area contributed by atoms with Crippen LogP contribution in [0.3, 0.4) is 0 Å². The molecule has 1 aliphatic heterocycles. The highest BCUT2D eigenvalue weighted by atomic mass is 19.1. The van der Waals surface area contributed by atoms with Crippen LogP contribution in [0.4, 0.5) is 4.39 Å². The number of nitrogens with one attached hydrogen (secondary N) is 1. The molecular weight excluding hydrogens is 283 g/mol. The lowest BCUT2D eigenvalue weighted by Crippen LogP contribution is -2.49. The highest BCUT2D eigenvalue weighted by Crippen LogP contribution is 2.13. The largest absolute Gasteiger partial charge is 0.379 e. The van der Waals surface area contributed by atoms with Crippen molar-refractivity contribution in [2.24, 2.45) is 5.92 Å². The summed E-state index contributed by atoms with van der Waals surface area (Å²) in [7, 11) is 0. The number of rotatable bonds is 6. The Morgan fingerprint density at radius 3 is 2.64 bits per heavy atom. The number of carbonyl (C=O) groups excluding carboxylic acids is 1. The van der Waals surface area contributed by atoms with Gasteiger partial charge in [0.05, 0.1) is 18.8 Å². The summed E-state index contributed by atoms with van der Waals surface area (Å²) >= 11 is 0. The van der Waals surface area contributed by atoms with E-state index >= 15 is 0 Å². The smallest absolute Gasteiger partial charge is 0.254 e. The van der Waals surface area contributed by atoms with E-state index in [1.807, 2.05) is 0 Å². The summed E-state index contributed by atoms with van der Waals surface area (Å²) in [6.45, 7) is 8.11. The molecule has 0 radical (unpaired) electrons. The molecule has 1 heterocycles. The van der Waals surface area contributed by atoms with Crippen LogP contribution in [-0.2, 0) is 4.74 Å². The number of hydrogen-bond acceptors (Lipinski definition) is 3. The average Bonchev–Trinajstić information content (AvgIpc) is 2.52. The maximum atomic E-state index is 13.6. The number of nitrogens with zero attached hydrogens (tertiary/aromatic N) is 1. The number of amides is 1. The molecule has 1 aliphatic rings. The third-order valence-corrected chi connectivity index (χ3v) is 3.92. The summed E-state index contributed by atoms with van der Waals surface area (Å²) in [6.07, 6.45) is 0.998. The maximum Gasteiger partial charge on any atom is 0.254 e. The Hall–Kier alpha value is -1.46. The summed E-state index contributed by atoms with van der Waals surface area (Å²) in [6, 6.07) is 6.34. The topological polar surface area (TPSA) is 41.6 Å². The molecule has 122 valence electrons. The molecule has 0 spiro atoms. The van der Waals surface area contributed by atoms with Crippen LogP contribution in [0.1, 0.15) is 30.6 Å². The molecule has 1 aromatic carbocycles. The van der Waals surface area contributed by atoms with Crippen molar-refractivity contribution in [3.63, 3.8) is 0 Å². The van der Waals surface area contributed by atoms with Gasteiger partial charge in [-0.25, -0.2) is 4.39 Å². The molecule has 1 unspecified atom stereocenters. The van der Waals surface area contributed by atoms with Crippen LogP contribution in [0, 0.1) is 11.7 Å². The Morgan fingerprint density at radius 2 is 2.00 bits per heavy atom. The van der Waals surface area contributed by atoms with E-state index in [1.165, 1.54) is 12.1 Å². The quantitative estimate of drug-likeness (QED) is 0.877. The Balaban J connectivity index is 1.95. The fourth-order valence-electron chi connectivity index (χ4n) is 2.80. The van der Waals surface area contributed by atoms with Crippen LogP contribution in [0.2, 0.25) is 0 Å². The lowest BCUT2D eigenvalue weighted by atomic mass is 10.0. The molecule has 1 amide bonds. The molecule has 1 atom stereocenters. The van der Waals surface area contributed by atoms with Crippen LogP contribution in [-0.4, -0.2) is 49.7 Å². The fourth-order valence-corrected chi connectivity index (χ4v) is 2.80. The minimum Gasteiger partial charge on any atom is -0.379 e. The van der Waals surface area contributed by atoms with Crippen molar-refractivity contribution < 1.29 is 13.9 Å². The summed E-state index contributed by atoms with van der Waals surface area (Å²) in [4.78, 5) is 14.5. The van der Waals surface area contributed by atoms with Gasteiger partial charge >= 0.3 is 0 Å². The lowest BCUT2D eigenvalue weighted by Gasteiger charge is -2.35. The van der Waals surface area contributed by atoms with E-state index in [2.05, 4.69) is 24.1 Å². The third-order valence-electron chi connectivity index (χ3n) is 3.92. The van der Waals surface area contributed by atoms with Crippen LogP contribution in [0.5, 0.6) is 0 Å². The van der Waals surface area contributed by atoms with Gasteiger partial charge < -0.3 is 10.1 Å². The first-order valence-electron chi connectivity index (χ1n) is 7.92. The first kappa shape index (κ1) is 16.9. The molecule has 0 bridgehead atoms. The first-order chi connectivity index (χ1) is 10.6. The molecule has 0 saturated carbocycles. The van der Waals surface area contributed by atoms with Crippen LogP contribution >= 0.6 is 0 Å². The van der Waals surface area contributed by atoms with E-state index in [0.717, 1.165) is 32.7 Å². The van der Waals surface area contributed by atoms with E-state index in [4.69, 9.17) is 4.74 Å². The van der Waals surface area contributed by atoms with Crippen molar-refractivity contribution in [3.8, 4) is 0 Å². The Morgan fingerprint density at radius 1 is 1.32 bits per heavy atom. The van der Waals surface area contributed by atoms with Crippen molar-refractivity contribution in [1.29, 1.82) is 0 Å². The molecular formula is C17H25FN2O2. The second-order valence-electron chi connectivity index (χ2n) is 6.12. The van der Waals surface area contributed by atoms with Gasteiger partial charge in [0.15, 0.2) is 0 Å². The van der Waals surface area contributed by atoms with Crippen LogP contribution in [0.15, 0.2) is 24.3 Å². The zero-order valence-electron chi connectivity index (χ0n) is 13.3. The highest BCUT2D eigenvalue weighted by molar-refractivity contribution is 5.94. The number of hydrogen-bond donors (Lipinski definition) is 1. The summed E-state index contributed by atoms with van der Waals surface area (Å²) in [5.74, 6) is -0.287. The zero-order valence-corrected chi connectivity index (χ0v) is 13.3. The SMILES string of the molecule is CC(C)CC(CNC(=O)c1ccccc1F)N1CCOCC1. The minimum absolute atomic E-state index is 0.104. The van der Waals surface area contributed by atoms with E-state index in [-0.39, 0.29) is 17.5 Å². The molecule has 2 rings (SSSR count). The normalized spacial score (nSPS) is 17.5. The number of carbonyl (C=O) groups is 1. The van der Waals surface area contributed by atoms with E-state index < -0.39 is 5.82 Å². The van der Waals surface area contributed by atoms with E-state index in [0.29, 0.717) is 12.5 Å². The molecule has 22 heavy (non-hydrogen) atoms. The number of ether oxygens (including phenoxy) is 1. The zero-order chi connectivity index (χ0) is 15.9. The van der Waals surface area contributed by atoms with Crippen LogP contribution < -0.4 is 5.32 Å². The summed E-state index contributed by atoms with van der Waals surface area (Å²) < 4.78 is 19.0. The van der Waals surface area contributed by atoms with E-state index in [9.17, 15) is 9.18 Å². The van der Waals surface area contributed by atoms with Gasteiger partial charge in [-0.3, -0.25) is 9.69 Å². The van der Waals surface area contributed by atoms with Gasteiger partial charge in [0.1, 0.15) is 5.82 Å². The molecule has 1 N–H and O–H groups in total. The standard InChI is InChI=1S/C17H25FN2O2/c1-13(2)11-14(20-7-9-22-10-8-20)12-19-17(21)15-5-3-4-6-16(15)18/h3-6,13-14H,7-12H2,1-2H3,(H,19,21). The second kappa shape index (κ2) is 8.25. The monoisotopic (exact) mass is 308 g/mol. The Kier molecular flexibility index (Phi) is 6.34. The predicted molar refractivity (Wildman–Crippen MR) is 84.4 cm³/mol. The number of morpholine rings is 1. The van der Waals surface area contributed by atoms with Gasteiger partial charge in [-0.2, -0.15) is 0 Å². The van der Waals surface area contributed by atoms with Crippen molar-refractivity contribution in [2.75, 3.05) is 32.8 Å². The second-order valence-corrected chi connectivity index (χ2v) is 6.12. The minimum atomic E-state index is -0.480. The molecule has 1 aromatic rings. The van der Waals surface area contributed by atoms with E-state index in [1.54, 1.807) is 12.1 Å². The third kappa shape index (κ3) is 4.78. The lowest BCUT2D eigenvalue weighted by molar-refractivity contribution is 0.0124. The summed E-state index contributed by atoms with van der Waals surface area (Å²) in [5.41, 5.74) is 0.104. The summed E-state index contributed by atoms with van der Waals surface area (Å²) in [5, 5.41) is 2.88. The van der Waals surface area contributed by atoms with Crippen molar-refractivity contribution in [2.45, 2.75) is 26.3 Å². The Labute approximate surface area is 131 Å². The van der Waals surface area contributed by atoms with Gasteiger partial charge in [0.2, 0.25) is 0 Å². The van der Waals surface area contributed by atoms with Crippen molar-refractivity contribution >= 4 is 5.91 Å².